The van der Waals surface area contributed by atoms with Gasteiger partial charge in [0, 0.05) is 10.6 Å². The van der Waals surface area contributed by atoms with Gasteiger partial charge < -0.3 is 19.9 Å². The summed E-state index contributed by atoms with van der Waals surface area (Å²) < 4.78 is 19.5. The van der Waals surface area contributed by atoms with E-state index in [1.54, 1.807) is 81.4 Å². The van der Waals surface area contributed by atoms with E-state index in [0.717, 1.165) is 0 Å². The van der Waals surface area contributed by atoms with Crippen LogP contribution in [0.1, 0.15) is 34.6 Å². The molecule has 2 rings (SSSR count). The van der Waals surface area contributed by atoms with Crippen molar-refractivity contribution in [3.05, 3.63) is 60.7 Å². The van der Waals surface area contributed by atoms with E-state index in [9.17, 15) is 18.9 Å². The highest BCUT2D eigenvalue weighted by Crippen LogP contribution is 2.47. The van der Waals surface area contributed by atoms with Crippen LogP contribution in [0.4, 0.5) is 4.79 Å². The third-order valence-electron chi connectivity index (χ3n) is 4.43. The van der Waals surface area contributed by atoms with E-state index >= 15 is 0 Å². The third kappa shape index (κ3) is 6.28. The molecule has 2 N–H and O–H groups in total. The zero-order valence-electron chi connectivity index (χ0n) is 18.4. The summed E-state index contributed by atoms with van der Waals surface area (Å²) in [5.74, 6) is -2.38. The molecule has 2 amide bonds. The molecule has 0 aliphatic carbocycles. The van der Waals surface area contributed by atoms with Gasteiger partial charge in [0.1, 0.15) is 17.4 Å². The SMILES string of the molecule is CC(=O)C(NC(=O)[C@@H](C)NC(=O)OC(C)(C)C)P(=O)(c1ccccc1)c1ccccc1. The molecule has 31 heavy (non-hydrogen) atoms. The van der Waals surface area contributed by atoms with Crippen LogP contribution in [-0.4, -0.2) is 35.2 Å². The summed E-state index contributed by atoms with van der Waals surface area (Å²) in [5.41, 5.74) is -0.724. The predicted molar refractivity (Wildman–Crippen MR) is 121 cm³/mol. The molecule has 2 atom stereocenters. The number of hydrogen-bond acceptors (Lipinski definition) is 5. The first-order valence-corrected chi connectivity index (χ1v) is 11.7. The zero-order chi connectivity index (χ0) is 23.2. The molecule has 166 valence electrons. The van der Waals surface area contributed by atoms with Crippen molar-refractivity contribution in [2.24, 2.45) is 0 Å². The van der Waals surface area contributed by atoms with E-state index < -0.39 is 42.4 Å². The second kappa shape index (κ2) is 9.92. The fraction of sp³-hybridized carbons (Fsp3) is 0.348. The number of ketones is 1. The van der Waals surface area contributed by atoms with Crippen LogP contribution in [0.2, 0.25) is 0 Å². The second-order valence-electron chi connectivity index (χ2n) is 8.22. The summed E-state index contributed by atoms with van der Waals surface area (Å²) in [4.78, 5) is 37.4. The number of ether oxygens (including phenoxy) is 1. The zero-order valence-corrected chi connectivity index (χ0v) is 19.3. The monoisotopic (exact) mass is 444 g/mol. The number of nitrogens with one attached hydrogen (secondary N) is 2. The fourth-order valence-electron chi connectivity index (χ4n) is 3.00. The van der Waals surface area contributed by atoms with E-state index in [-0.39, 0.29) is 0 Å². The summed E-state index contributed by atoms with van der Waals surface area (Å²) >= 11 is 0. The first-order chi connectivity index (χ1) is 14.4. The lowest BCUT2D eigenvalue weighted by Gasteiger charge is -2.29. The van der Waals surface area contributed by atoms with Crippen LogP contribution in [0.25, 0.3) is 0 Å². The van der Waals surface area contributed by atoms with Gasteiger partial charge in [0.25, 0.3) is 0 Å². The van der Waals surface area contributed by atoms with Crippen LogP contribution < -0.4 is 21.2 Å². The number of hydrogen-bond donors (Lipinski definition) is 2. The standard InChI is InChI=1S/C23H29N2O5P/c1-16(24-22(28)30-23(3,4)5)20(27)25-21(17(2)26)31(29,18-12-8-6-9-13-18)19-14-10-7-11-15-19/h6-16,21H,1-5H3,(H,24,28)(H,25,27)/t16-,21?/m1/s1. The fourth-order valence-corrected chi connectivity index (χ4v) is 5.95. The van der Waals surface area contributed by atoms with Crippen LogP contribution in [0.15, 0.2) is 60.7 Å². The van der Waals surface area contributed by atoms with Crippen molar-refractivity contribution < 1.29 is 23.7 Å². The maximum Gasteiger partial charge on any atom is 0.408 e. The molecule has 8 heteroatoms. The van der Waals surface area contributed by atoms with Crippen LogP contribution >= 0.6 is 7.14 Å². The molecule has 1 unspecified atom stereocenters. The van der Waals surface area contributed by atoms with Gasteiger partial charge >= 0.3 is 6.09 Å². The van der Waals surface area contributed by atoms with Gasteiger partial charge in [-0.25, -0.2) is 4.79 Å². The maximum absolute atomic E-state index is 14.4. The average Bonchev–Trinajstić information content (AvgIpc) is 2.70. The number of amides is 2. The lowest BCUT2D eigenvalue weighted by molar-refractivity contribution is -0.126. The summed E-state index contributed by atoms with van der Waals surface area (Å²) in [7, 11) is -3.58. The molecule has 0 spiro atoms. The third-order valence-corrected chi connectivity index (χ3v) is 7.78. The van der Waals surface area contributed by atoms with Crippen molar-refractivity contribution in [2.75, 3.05) is 0 Å². The Morgan fingerprint density at radius 3 is 1.71 bits per heavy atom. The summed E-state index contributed by atoms with van der Waals surface area (Å²) in [6.45, 7) is 7.87. The van der Waals surface area contributed by atoms with Crippen molar-refractivity contribution in [3.63, 3.8) is 0 Å². The van der Waals surface area contributed by atoms with Crippen LogP contribution in [0, 0.1) is 0 Å². The van der Waals surface area contributed by atoms with E-state index in [0.29, 0.717) is 10.6 Å². The quantitative estimate of drug-likeness (QED) is 0.640. The van der Waals surface area contributed by atoms with Crippen LogP contribution in [-0.2, 0) is 18.9 Å². The number of benzene rings is 2. The minimum Gasteiger partial charge on any atom is -0.444 e. The number of alkyl carbamates (subject to hydrolysis) is 1. The summed E-state index contributed by atoms with van der Waals surface area (Å²) in [6, 6.07) is 16.2. The lowest BCUT2D eigenvalue weighted by atomic mass is 10.2. The molecular formula is C23H29N2O5P. The van der Waals surface area contributed by atoms with Crippen molar-refractivity contribution in [1.29, 1.82) is 0 Å². The van der Waals surface area contributed by atoms with Gasteiger partial charge in [0.15, 0.2) is 12.9 Å². The first-order valence-electron chi connectivity index (χ1n) is 9.96. The number of Topliss-reactive ketones (excluding diaryl/α,β-unsaturated/α-hetero) is 1. The Kier molecular flexibility index (Phi) is 7.80. The molecule has 0 saturated carbocycles. The highest BCUT2D eigenvalue weighted by atomic mass is 31.2. The molecule has 0 aliphatic heterocycles. The van der Waals surface area contributed by atoms with E-state index in [4.69, 9.17) is 4.74 Å². The van der Waals surface area contributed by atoms with Crippen LogP contribution in [0.5, 0.6) is 0 Å². The van der Waals surface area contributed by atoms with Crippen molar-refractivity contribution in [1.82, 2.24) is 10.6 Å². The van der Waals surface area contributed by atoms with Crippen LogP contribution in [0.3, 0.4) is 0 Å². The lowest BCUT2D eigenvalue weighted by Crippen LogP contribution is -2.52. The van der Waals surface area contributed by atoms with Gasteiger partial charge in [-0.15, -0.1) is 0 Å². The second-order valence-corrected chi connectivity index (χ2v) is 11.1. The molecule has 0 heterocycles. The molecule has 7 nitrogen and oxygen atoms in total. The van der Waals surface area contributed by atoms with Crippen molar-refractivity contribution in [3.8, 4) is 0 Å². The minimum atomic E-state index is -3.58. The highest BCUT2D eigenvalue weighted by molar-refractivity contribution is 7.80. The highest BCUT2D eigenvalue weighted by Gasteiger charge is 2.41. The smallest absolute Gasteiger partial charge is 0.408 e. The summed E-state index contributed by atoms with van der Waals surface area (Å²) in [6.07, 6.45) is -0.760. The molecule has 0 saturated heterocycles. The van der Waals surface area contributed by atoms with Crippen molar-refractivity contribution in [2.45, 2.75) is 52.0 Å². The van der Waals surface area contributed by atoms with E-state index in [1.807, 2.05) is 0 Å². The Morgan fingerprint density at radius 1 is 0.871 bits per heavy atom. The Bertz CT molecular complexity index is 927. The molecule has 0 aliphatic rings. The maximum atomic E-state index is 14.4. The first kappa shape index (κ1) is 24.4. The van der Waals surface area contributed by atoms with Gasteiger partial charge in [0.2, 0.25) is 5.91 Å². The Hall–Kier alpha value is -2.92. The molecule has 2 aromatic carbocycles. The van der Waals surface area contributed by atoms with Gasteiger partial charge in [-0.1, -0.05) is 60.7 Å². The normalized spacial score (nSPS) is 13.6. The molecule has 0 bridgehead atoms. The Morgan fingerprint density at radius 2 is 1.32 bits per heavy atom. The topological polar surface area (TPSA) is 102 Å². The van der Waals surface area contributed by atoms with Gasteiger partial charge in [-0.2, -0.15) is 0 Å². The Balaban J connectivity index is 2.35. The minimum absolute atomic E-state index is 0.450. The molecule has 0 radical (unpaired) electrons. The predicted octanol–water partition coefficient (Wildman–Crippen LogP) is 2.95. The van der Waals surface area contributed by atoms with Crippen molar-refractivity contribution >= 4 is 35.5 Å². The van der Waals surface area contributed by atoms with E-state index in [1.165, 1.54) is 13.8 Å². The summed E-state index contributed by atoms with van der Waals surface area (Å²) in [5, 5.41) is 5.94. The number of rotatable bonds is 7. The average molecular weight is 444 g/mol. The molecule has 2 aromatic rings. The molecule has 0 aromatic heterocycles. The Labute approximate surface area is 182 Å². The number of carbonyl (C=O) groups excluding carboxylic acids is 3. The van der Waals surface area contributed by atoms with Gasteiger partial charge in [-0.3, -0.25) is 9.59 Å². The van der Waals surface area contributed by atoms with Gasteiger partial charge in [-0.05, 0) is 34.6 Å². The van der Waals surface area contributed by atoms with Gasteiger partial charge in [0.05, 0.1) is 0 Å². The largest absolute Gasteiger partial charge is 0.444 e. The van der Waals surface area contributed by atoms with E-state index in [2.05, 4.69) is 10.6 Å². The molecular weight excluding hydrogens is 415 g/mol. The molecule has 0 fully saturated rings. The number of carbonyl (C=O) groups is 3.